The number of hydrogen-bond acceptors (Lipinski definition) is 2. The standard InChI is InChI=1S/C12H16Cl2N2O/c1-2-15-5-6-16-12(17)7-9-3-4-10(13)8-11(9)14/h3-4,8,15H,2,5-7H2,1H3,(H,16,17). The van der Waals surface area contributed by atoms with Gasteiger partial charge in [0.15, 0.2) is 0 Å². The normalized spacial score (nSPS) is 10.3. The Morgan fingerprint density at radius 3 is 2.71 bits per heavy atom. The van der Waals surface area contributed by atoms with Crippen molar-refractivity contribution in [1.29, 1.82) is 0 Å². The SMILES string of the molecule is CCNCCNC(=O)Cc1ccc(Cl)cc1Cl. The van der Waals surface area contributed by atoms with Crippen LogP contribution in [-0.4, -0.2) is 25.5 Å². The first-order valence-corrected chi connectivity index (χ1v) is 6.30. The van der Waals surface area contributed by atoms with Crippen molar-refractivity contribution in [1.82, 2.24) is 10.6 Å². The summed E-state index contributed by atoms with van der Waals surface area (Å²) in [6, 6.07) is 5.15. The van der Waals surface area contributed by atoms with E-state index in [1.807, 2.05) is 6.92 Å². The molecule has 0 aliphatic rings. The van der Waals surface area contributed by atoms with Crippen LogP contribution < -0.4 is 10.6 Å². The van der Waals surface area contributed by atoms with Crippen molar-refractivity contribution in [3.05, 3.63) is 33.8 Å². The zero-order chi connectivity index (χ0) is 12.7. The summed E-state index contributed by atoms with van der Waals surface area (Å²) in [7, 11) is 0. The molecule has 0 radical (unpaired) electrons. The topological polar surface area (TPSA) is 41.1 Å². The fraction of sp³-hybridized carbons (Fsp3) is 0.417. The van der Waals surface area contributed by atoms with E-state index in [4.69, 9.17) is 23.2 Å². The molecule has 0 atom stereocenters. The number of rotatable bonds is 6. The second-order valence-corrected chi connectivity index (χ2v) is 4.46. The number of likely N-dealkylation sites (N-methyl/N-ethyl adjacent to an activating group) is 1. The summed E-state index contributed by atoms with van der Waals surface area (Å²) in [6.07, 6.45) is 0.280. The third-order valence-electron chi connectivity index (χ3n) is 2.24. The molecule has 5 heteroatoms. The van der Waals surface area contributed by atoms with Gasteiger partial charge in [0.25, 0.3) is 0 Å². The maximum absolute atomic E-state index is 11.6. The molecule has 3 nitrogen and oxygen atoms in total. The molecule has 0 heterocycles. The van der Waals surface area contributed by atoms with Gasteiger partial charge in [-0.15, -0.1) is 0 Å². The summed E-state index contributed by atoms with van der Waals surface area (Å²) in [5.74, 6) is -0.0351. The van der Waals surface area contributed by atoms with E-state index in [0.29, 0.717) is 16.6 Å². The molecule has 94 valence electrons. The van der Waals surface area contributed by atoms with Crippen molar-refractivity contribution in [2.24, 2.45) is 0 Å². The van der Waals surface area contributed by atoms with Crippen molar-refractivity contribution in [2.45, 2.75) is 13.3 Å². The van der Waals surface area contributed by atoms with Crippen LogP contribution in [0.25, 0.3) is 0 Å². The predicted molar refractivity (Wildman–Crippen MR) is 71.7 cm³/mol. The quantitative estimate of drug-likeness (QED) is 0.782. The molecule has 1 amide bonds. The second kappa shape index (κ2) is 7.54. The van der Waals surface area contributed by atoms with Crippen LogP contribution in [-0.2, 0) is 11.2 Å². The molecular weight excluding hydrogens is 259 g/mol. The Kier molecular flexibility index (Phi) is 6.34. The molecule has 1 aromatic rings. The van der Waals surface area contributed by atoms with Gasteiger partial charge < -0.3 is 10.6 Å². The zero-order valence-corrected chi connectivity index (χ0v) is 11.2. The predicted octanol–water partition coefficient (Wildman–Crippen LogP) is 2.26. The van der Waals surface area contributed by atoms with Crippen molar-refractivity contribution in [3.63, 3.8) is 0 Å². The van der Waals surface area contributed by atoms with Crippen LogP contribution in [0.5, 0.6) is 0 Å². The van der Waals surface area contributed by atoms with E-state index >= 15 is 0 Å². The van der Waals surface area contributed by atoms with Gasteiger partial charge >= 0.3 is 0 Å². The highest BCUT2D eigenvalue weighted by Crippen LogP contribution is 2.21. The number of carbonyl (C=O) groups excluding carboxylic acids is 1. The Balaban J connectivity index is 2.40. The van der Waals surface area contributed by atoms with Gasteiger partial charge in [0.2, 0.25) is 5.91 Å². The Bertz CT molecular complexity index is 383. The third kappa shape index (κ3) is 5.39. The van der Waals surface area contributed by atoms with Crippen LogP contribution in [0.3, 0.4) is 0 Å². The molecule has 0 unspecified atom stereocenters. The van der Waals surface area contributed by atoms with Crippen LogP contribution in [0.15, 0.2) is 18.2 Å². The molecule has 0 saturated heterocycles. The first kappa shape index (κ1) is 14.3. The molecular formula is C12H16Cl2N2O. The van der Waals surface area contributed by atoms with Gasteiger partial charge in [-0.1, -0.05) is 36.2 Å². The summed E-state index contributed by atoms with van der Waals surface area (Å²) in [4.78, 5) is 11.6. The molecule has 0 fully saturated rings. The van der Waals surface area contributed by atoms with Crippen LogP contribution in [0.2, 0.25) is 10.0 Å². The van der Waals surface area contributed by atoms with Gasteiger partial charge in [-0.25, -0.2) is 0 Å². The van der Waals surface area contributed by atoms with E-state index in [0.717, 1.165) is 18.7 Å². The highest BCUT2D eigenvalue weighted by molar-refractivity contribution is 6.35. The maximum atomic E-state index is 11.6. The fourth-order valence-corrected chi connectivity index (χ4v) is 1.84. The van der Waals surface area contributed by atoms with Gasteiger partial charge in [0, 0.05) is 23.1 Å². The number of hydrogen-bond donors (Lipinski definition) is 2. The first-order chi connectivity index (χ1) is 8.13. The number of amides is 1. The van der Waals surface area contributed by atoms with E-state index < -0.39 is 0 Å². The Morgan fingerprint density at radius 1 is 1.29 bits per heavy atom. The number of benzene rings is 1. The Labute approximate surface area is 111 Å². The van der Waals surface area contributed by atoms with Gasteiger partial charge in [0.1, 0.15) is 0 Å². The van der Waals surface area contributed by atoms with E-state index in [2.05, 4.69) is 10.6 Å². The number of carbonyl (C=O) groups is 1. The van der Waals surface area contributed by atoms with Gasteiger partial charge in [0.05, 0.1) is 6.42 Å². The molecule has 1 aromatic carbocycles. The Hall–Kier alpha value is -0.770. The van der Waals surface area contributed by atoms with Crippen LogP contribution in [0.1, 0.15) is 12.5 Å². The monoisotopic (exact) mass is 274 g/mol. The zero-order valence-electron chi connectivity index (χ0n) is 9.72. The number of halogens is 2. The molecule has 0 bridgehead atoms. The lowest BCUT2D eigenvalue weighted by molar-refractivity contribution is -0.120. The molecule has 0 aromatic heterocycles. The first-order valence-electron chi connectivity index (χ1n) is 5.54. The van der Waals surface area contributed by atoms with Gasteiger partial charge in [-0.05, 0) is 24.2 Å². The average Bonchev–Trinajstić information content (AvgIpc) is 2.28. The van der Waals surface area contributed by atoms with Gasteiger partial charge in [-0.3, -0.25) is 4.79 Å². The average molecular weight is 275 g/mol. The highest BCUT2D eigenvalue weighted by Gasteiger charge is 2.06. The van der Waals surface area contributed by atoms with E-state index in [1.54, 1.807) is 18.2 Å². The summed E-state index contributed by atoms with van der Waals surface area (Å²) in [5.41, 5.74) is 0.789. The van der Waals surface area contributed by atoms with Crippen molar-refractivity contribution < 1.29 is 4.79 Å². The largest absolute Gasteiger partial charge is 0.355 e. The van der Waals surface area contributed by atoms with Crippen LogP contribution in [0, 0.1) is 0 Å². The van der Waals surface area contributed by atoms with Crippen LogP contribution in [0.4, 0.5) is 0 Å². The van der Waals surface area contributed by atoms with Crippen LogP contribution >= 0.6 is 23.2 Å². The molecule has 0 aliphatic heterocycles. The molecule has 0 saturated carbocycles. The molecule has 0 spiro atoms. The third-order valence-corrected chi connectivity index (χ3v) is 2.83. The highest BCUT2D eigenvalue weighted by atomic mass is 35.5. The smallest absolute Gasteiger partial charge is 0.224 e. The summed E-state index contributed by atoms with van der Waals surface area (Å²) >= 11 is 11.8. The lowest BCUT2D eigenvalue weighted by Crippen LogP contribution is -2.32. The van der Waals surface area contributed by atoms with Gasteiger partial charge in [-0.2, -0.15) is 0 Å². The Morgan fingerprint density at radius 2 is 2.06 bits per heavy atom. The minimum absolute atomic E-state index is 0.0351. The lowest BCUT2D eigenvalue weighted by Gasteiger charge is -2.07. The van der Waals surface area contributed by atoms with E-state index in [-0.39, 0.29) is 12.3 Å². The molecule has 2 N–H and O–H groups in total. The maximum Gasteiger partial charge on any atom is 0.224 e. The second-order valence-electron chi connectivity index (χ2n) is 3.62. The van der Waals surface area contributed by atoms with Crippen molar-refractivity contribution in [3.8, 4) is 0 Å². The minimum Gasteiger partial charge on any atom is -0.355 e. The molecule has 1 rings (SSSR count). The minimum atomic E-state index is -0.0351. The summed E-state index contributed by atoms with van der Waals surface area (Å²) in [6.45, 7) is 4.32. The number of nitrogens with one attached hydrogen (secondary N) is 2. The molecule has 0 aliphatic carbocycles. The van der Waals surface area contributed by atoms with E-state index in [1.165, 1.54) is 0 Å². The summed E-state index contributed by atoms with van der Waals surface area (Å²) in [5, 5.41) is 7.05. The molecule has 17 heavy (non-hydrogen) atoms. The van der Waals surface area contributed by atoms with Crippen molar-refractivity contribution >= 4 is 29.1 Å². The summed E-state index contributed by atoms with van der Waals surface area (Å²) < 4.78 is 0. The fourth-order valence-electron chi connectivity index (χ4n) is 1.37. The van der Waals surface area contributed by atoms with Crippen molar-refractivity contribution in [2.75, 3.05) is 19.6 Å². The lowest BCUT2D eigenvalue weighted by atomic mass is 10.1. The van der Waals surface area contributed by atoms with E-state index in [9.17, 15) is 4.79 Å².